The molecule has 1 aromatic carbocycles. The van der Waals surface area contributed by atoms with E-state index in [1.165, 1.54) is 0 Å². The number of aryl methyl sites for hydroxylation is 2. The predicted molar refractivity (Wildman–Crippen MR) is 66.7 cm³/mol. The van der Waals surface area contributed by atoms with Crippen molar-refractivity contribution in [2.24, 2.45) is 0 Å². The maximum Gasteiger partial charge on any atom is 0.243 e. The van der Waals surface area contributed by atoms with Crippen LogP contribution in [0.4, 0.5) is 0 Å². The number of hydrogen-bond acceptors (Lipinski definition) is 4. The van der Waals surface area contributed by atoms with Crippen molar-refractivity contribution in [3.05, 3.63) is 29.3 Å². The van der Waals surface area contributed by atoms with Gasteiger partial charge in [-0.15, -0.1) is 0 Å². The highest BCUT2D eigenvalue weighted by molar-refractivity contribution is 7.89. The smallest absolute Gasteiger partial charge is 0.243 e. The second kappa shape index (κ2) is 4.62. The third-order valence-corrected chi connectivity index (χ3v) is 5.17. The summed E-state index contributed by atoms with van der Waals surface area (Å²) >= 11 is 0. The fourth-order valence-corrected chi connectivity index (χ4v) is 3.52. The molecule has 100 valence electrons. The first-order chi connectivity index (χ1) is 8.32. The molecule has 1 fully saturated rings. The molecule has 1 aliphatic heterocycles. The first kappa shape index (κ1) is 13.5. The minimum Gasteiger partial charge on any atom is -0.389 e. The van der Waals surface area contributed by atoms with Crippen LogP contribution in [0.5, 0.6) is 0 Å². The topological polar surface area (TPSA) is 77.8 Å². The monoisotopic (exact) mass is 271 g/mol. The van der Waals surface area contributed by atoms with E-state index in [1.807, 2.05) is 13.8 Å². The summed E-state index contributed by atoms with van der Waals surface area (Å²) < 4.78 is 25.7. The highest BCUT2D eigenvalue weighted by atomic mass is 32.2. The van der Waals surface area contributed by atoms with Gasteiger partial charge in [0.15, 0.2) is 0 Å². The first-order valence-electron chi connectivity index (χ1n) is 5.76. The molecule has 2 atom stereocenters. The van der Waals surface area contributed by atoms with Crippen molar-refractivity contribution in [2.75, 3.05) is 13.1 Å². The molecule has 6 heteroatoms. The number of aliphatic hydroxyl groups excluding tert-OH is 2. The van der Waals surface area contributed by atoms with Crippen LogP contribution in [0.2, 0.25) is 0 Å². The number of hydrogen-bond donors (Lipinski definition) is 2. The third-order valence-electron chi connectivity index (χ3n) is 3.34. The van der Waals surface area contributed by atoms with Crippen molar-refractivity contribution in [3.8, 4) is 0 Å². The summed E-state index contributed by atoms with van der Waals surface area (Å²) in [5.41, 5.74) is 1.92. The van der Waals surface area contributed by atoms with Crippen LogP contribution in [-0.2, 0) is 10.0 Å². The lowest BCUT2D eigenvalue weighted by Crippen LogP contribution is -2.30. The van der Waals surface area contributed by atoms with Gasteiger partial charge in [0.05, 0.1) is 17.1 Å². The molecule has 2 unspecified atom stereocenters. The number of nitrogens with zero attached hydrogens (tertiary/aromatic N) is 1. The molecule has 0 bridgehead atoms. The fourth-order valence-electron chi connectivity index (χ4n) is 1.95. The molecule has 0 spiro atoms. The number of benzene rings is 1. The van der Waals surface area contributed by atoms with E-state index in [4.69, 9.17) is 0 Å². The van der Waals surface area contributed by atoms with Gasteiger partial charge in [-0.25, -0.2) is 8.42 Å². The third kappa shape index (κ3) is 2.29. The van der Waals surface area contributed by atoms with Crippen molar-refractivity contribution in [1.29, 1.82) is 0 Å². The largest absolute Gasteiger partial charge is 0.389 e. The van der Waals surface area contributed by atoms with E-state index in [0.717, 1.165) is 15.4 Å². The molecule has 1 saturated heterocycles. The van der Waals surface area contributed by atoms with Crippen molar-refractivity contribution < 1.29 is 18.6 Å². The Kier molecular flexibility index (Phi) is 3.46. The summed E-state index contributed by atoms with van der Waals surface area (Å²) in [5, 5.41) is 18.8. The van der Waals surface area contributed by atoms with Gasteiger partial charge in [0.2, 0.25) is 10.0 Å². The Morgan fingerprint density at radius 3 is 2.17 bits per heavy atom. The minimum absolute atomic E-state index is 0.0591. The van der Waals surface area contributed by atoms with E-state index in [0.29, 0.717) is 0 Å². The summed E-state index contributed by atoms with van der Waals surface area (Å²) in [5.74, 6) is 0. The number of sulfonamides is 1. The van der Waals surface area contributed by atoms with Crippen molar-refractivity contribution in [1.82, 2.24) is 4.31 Å². The van der Waals surface area contributed by atoms with Crippen LogP contribution in [0.3, 0.4) is 0 Å². The Bertz CT molecular complexity index is 545. The standard InChI is InChI=1S/C12H17NO4S/c1-8-3-4-10(5-9(8)2)18(16,17)13-6-11(14)12(15)7-13/h3-5,11-12,14-15H,6-7H2,1-2H3. The zero-order valence-corrected chi connectivity index (χ0v) is 11.2. The van der Waals surface area contributed by atoms with E-state index < -0.39 is 22.2 Å². The van der Waals surface area contributed by atoms with E-state index >= 15 is 0 Å². The predicted octanol–water partition coefficient (Wildman–Crippen LogP) is 0.0295. The van der Waals surface area contributed by atoms with E-state index in [2.05, 4.69) is 0 Å². The Labute approximate surface area is 107 Å². The Hall–Kier alpha value is -0.950. The molecular formula is C12H17NO4S. The summed E-state index contributed by atoms with van der Waals surface area (Å²) in [4.78, 5) is 0.201. The zero-order chi connectivity index (χ0) is 13.5. The number of rotatable bonds is 2. The van der Waals surface area contributed by atoms with Gasteiger partial charge in [0.1, 0.15) is 0 Å². The van der Waals surface area contributed by atoms with Crippen molar-refractivity contribution in [3.63, 3.8) is 0 Å². The maximum atomic E-state index is 12.3. The zero-order valence-electron chi connectivity index (χ0n) is 10.4. The highest BCUT2D eigenvalue weighted by Crippen LogP contribution is 2.23. The Balaban J connectivity index is 2.34. The van der Waals surface area contributed by atoms with Crippen molar-refractivity contribution in [2.45, 2.75) is 31.0 Å². The van der Waals surface area contributed by atoms with Gasteiger partial charge in [-0.3, -0.25) is 0 Å². The van der Waals surface area contributed by atoms with Gasteiger partial charge in [0.25, 0.3) is 0 Å². The second-order valence-corrected chi connectivity index (χ2v) is 6.64. The van der Waals surface area contributed by atoms with Gasteiger partial charge < -0.3 is 10.2 Å². The van der Waals surface area contributed by atoms with Gasteiger partial charge >= 0.3 is 0 Å². The van der Waals surface area contributed by atoms with Gasteiger partial charge in [0, 0.05) is 13.1 Å². The van der Waals surface area contributed by atoms with E-state index in [-0.39, 0.29) is 18.0 Å². The molecule has 5 nitrogen and oxygen atoms in total. The lowest BCUT2D eigenvalue weighted by molar-refractivity contribution is 0.0572. The normalized spacial score (nSPS) is 25.6. The molecule has 0 amide bonds. The molecule has 1 aromatic rings. The SMILES string of the molecule is Cc1ccc(S(=O)(=O)N2CC(O)C(O)C2)cc1C. The van der Waals surface area contributed by atoms with Crippen LogP contribution in [0.25, 0.3) is 0 Å². The average molecular weight is 271 g/mol. The fraction of sp³-hybridized carbons (Fsp3) is 0.500. The molecular weight excluding hydrogens is 254 g/mol. The second-order valence-electron chi connectivity index (χ2n) is 4.70. The van der Waals surface area contributed by atoms with Gasteiger partial charge in [-0.1, -0.05) is 6.07 Å². The van der Waals surface area contributed by atoms with Crippen LogP contribution >= 0.6 is 0 Å². The maximum absolute atomic E-state index is 12.3. The lowest BCUT2D eigenvalue weighted by Gasteiger charge is -2.16. The summed E-state index contributed by atoms with van der Waals surface area (Å²) in [6.45, 7) is 3.64. The molecule has 2 N–H and O–H groups in total. The van der Waals surface area contributed by atoms with Crippen LogP contribution < -0.4 is 0 Å². The highest BCUT2D eigenvalue weighted by Gasteiger charge is 2.37. The van der Waals surface area contributed by atoms with Crippen LogP contribution in [-0.4, -0.2) is 48.2 Å². The van der Waals surface area contributed by atoms with Crippen molar-refractivity contribution >= 4 is 10.0 Å². The molecule has 0 saturated carbocycles. The van der Waals surface area contributed by atoms with Gasteiger partial charge in [-0.05, 0) is 37.1 Å². The van der Waals surface area contributed by atoms with Gasteiger partial charge in [-0.2, -0.15) is 4.31 Å². The minimum atomic E-state index is -3.63. The molecule has 1 aliphatic rings. The molecule has 18 heavy (non-hydrogen) atoms. The molecule has 0 radical (unpaired) electrons. The van der Waals surface area contributed by atoms with E-state index in [1.54, 1.807) is 18.2 Å². The van der Waals surface area contributed by atoms with Crippen LogP contribution in [0.1, 0.15) is 11.1 Å². The Morgan fingerprint density at radius 2 is 1.67 bits per heavy atom. The molecule has 0 aromatic heterocycles. The first-order valence-corrected chi connectivity index (χ1v) is 7.20. The van der Waals surface area contributed by atoms with Crippen LogP contribution in [0, 0.1) is 13.8 Å². The number of β-amino-alcohol motifs (C(OH)–C–C–N with tert-alkyl or cyclic N) is 2. The van der Waals surface area contributed by atoms with E-state index in [9.17, 15) is 18.6 Å². The quantitative estimate of drug-likeness (QED) is 0.795. The summed E-state index contributed by atoms with van der Waals surface area (Å²) in [6.07, 6.45) is -2.02. The van der Waals surface area contributed by atoms with Crippen LogP contribution in [0.15, 0.2) is 23.1 Å². The summed E-state index contributed by atoms with van der Waals surface area (Å²) in [6, 6.07) is 4.92. The lowest BCUT2D eigenvalue weighted by atomic mass is 10.1. The number of aliphatic hydroxyl groups is 2. The molecule has 0 aliphatic carbocycles. The summed E-state index contributed by atoms with van der Waals surface area (Å²) in [7, 11) is -3.63. The molecule has 2 rings (SSSR count). The Morgan fingerprint density at radius 1 is 1.11 bits per heavy atom. The average Bonchev–Trinajstić information content (AvgIpc) is 2.64. The molecule has 1 heterocycles.